The molecule has 1 saturated heterocycles. The van der Waals surface area contributed by atoms with Gasteiger partial charge < -0.3 is 44.5 Å². The Labute approximate surface area is 155 Å². The Hall–Kier alpha value is -1.27. The summed E-state index contributed by atoms with van der Waals surface area (Å²) in [5.41, 5.74) is -1.08. The van der Waals surface area contributed by atoms with Crippen molar-refractivity contribution in [2.75, 3.05) is 6.61 Å². The summed E-state index contributed by atoms with van der Waals surface area (Å²) in [6.45, 7) is 2.33. The van der Waals surface area contributed by atoms with Crippen LogP contribution in [0.1, 0.15) is 20.3 Å². The van der Waals surface area contributed by atoms with E-state index >= 15 is 0 Å². The molecule has 10 heteroatoms. The van der Waals surface area contributed by atoms with Gasteiger partial charge in [-0.3, -0.25) is 4.79 Å². The SMILES string of the molecule is CC(=O)O[C@@]1(C)C[C@H](O)[C@@H]2C=CO[C@@H](O[C@@H]3O[C@H](CO)[C@@H](O)[C@H](O)[C@H]3O)[C@@H]21. The van der Waals surface area contributed by atoms with Crippen molar-refractivity contribution in [3.05, 3.63) is 12.3 Å². The zero-order valence-electron chi connectivity index (χ0n) is 15.0. The van der Waals surface area contributed by atoms with E-state index in [0.29, 0.717) is 0 Å². The van der Waals surface area contributed by atoms with Crippen molar-refractivity contribution in [1.82, 2.24) is 0 Å². The van der Waals surface area contributed by atoms with Gasteiger partial charge in [0.2, 0.25) is 6.29 Å². The fraction of sp³-hybridized carbons (Fsp3) is 0.824. The lowest BCUT2D eigenvalue weighted by Gasteiger charge is -2.44. The minimum absolute atomic E-state index is 0.171. The van der Waals surface area contributed by atoms with E-state index in [-0.39, 0.29) is 6.42 Å². The number of hydrogen-bond acceptors (Lipinski definition) is 10. The van der Waals surface area contributed by atoms with Crippen molar-refractivity contribution < 1.29 is 49.3 Å². The maximum atomic E-state index is 11.5. The first-order valence-corrected chi connectivity index (χ1v) is 8.83. The summed E-state index contributed by atoms with van der Waals surface area (Å²) < 4.78 is 22.0. The van der Waals surface area contributed by atoms with Crippen molar-refractivity contribution in [1.29, 1.82) is 0 Å². The van der Waals surface area contributed by atoms with Crippen LogP contribution < -0.4 is 0 Å². The maximum Gasteiger partial charge on any atom is 0.303 e. The van der Waals surface area contributed by atoms with Crippen molar-refractivity contribution in [2.45, 2.75) is 69.0 Å². The van der Waals surface area contributed by atoms with Crippen LogP contribution in [0.3, 0.4) is 0 Å². The number of ether oxygens (including phenoxy) is 4. The highest BCUT2D eigenvalue weighted by molar-refractivity contribution is 5.66. The molecule has 2 fully saturated rings. The smallest absolute Gasteiger partial charge is 0.303 e. The standard InChI is InChI=1S/C17H26O10/c1-7(19)27-17(2)5-9(20)8-3-4-24-15(11(8)17)26-16-14(23)13(22)12(21)10(6-18)25-16/h3-4,8-16,18,20-23H,5-6H2,1-2H3/t8-,9-,10+,11+,12+,13-,14+,15-,16-,17-/m0/s1. The van der Waals surface area contributed by atoms with E-state index in [1.807, 2.05) is 0 Å². The van der Waals surface area contributed by atoms with Crippen LogP contribution in [0.25, 0.3) is 0 Å². The molecule has 27 heavy (non-hydrogen) atoms. The number of esters is 1. The normalized spacial score (nSPS) is 49.4. The second-order valence-corrected chi connectivity index (χ2v) is 7.45. The zero-order chi connectivity index (χ0) is 19.9. The number of carbonyl (C=O) groups excluding carboxylic acids is 1. The fourth-order valence-corrected chi connectivity index (χ4v) is 4.22. The molecule has 0 bridgehead atoms. The van der Waals surface area contributed by atoms with Gasteiger partial charge in [0.05, 0.1) is 24.9 Å². The maximum absolute atomic E-state index is 11.5. The minimum Gasteiger partial charge on any atom is -0.472 e. The molecule has 0 aromatic rings. The third-order valence-electron chi connectivity index (χ3n) is 5.48. The van der Waals surface area contributed by atoms with Gasteiger partial charge in [-0.2, -0.15) is 0 Å². The van der Waals surface area contributed by atoms with E-state index in [2.05, 4.69) is 0 Å². The van der Waals surface area contributed by atoms with Gasteiger partial charge >= 0.3 is 5.97 Å². The number of rotatable bonds is 4. The summed E-state index contributed by atoms with van der Waals surface area (Å²) >= 11 is 0. The molecular formula is C17H26O10. The van der Waals surface area contributed by atoms with Crippen molar-refractivity contribution in [3.63, 3.8) is 0 Å². The molecule has 3 aliphatic rings. The zero-order valence-corrected chi connectivity index (χ0v) is 15.0. The van der Waals surface area contributed by atoms with Crippen molar-refractivity contribution >= 4 is 5.97 Å². The molecule has 1 saturated carbocycles. The average Bonchev–Trinajstić information content (AvgIpc) is 2.86. The van der Waals surface area contributed by atoms with Gasteiger partial charge in [0.15, 0.2) is 6.29 Å². The highest BCUT2D eigenvalue weighted by atomic mass is 16.8. The number of fused-ring (bicyclic) bond motifs is 1. The highest BCUT2D eigenvalue weighted by Crippen LogP contribution is 2.48. The van der Waals surface area contributed by atoms with Crippen LogP contribution in [0.5, 0.6) is 0 Å². The molecule has 5 N–H and O–H groups in total. The van der Waals surface area contributed by atoms with Gasteiger partial charge in [0.25, 0.3) is 0 Å². The first kappa shape index (κ1) is 20.5. The molecule has 2 heterocycles. The molecule has 0 unspecified atom stereocenters. The molecule has 0 amide bonds. The molecule has 10 nitrogen and oxygen atoms in total. The monoisotopic (exact) mass is 390 g/mol. The molecule has 1 aliphatic carbocycles. The Morgan fingerprint density at radius 1 is 1.19 bits per heavy atom. The van der Waals surface area contributed by atoms with E-state index < -0.39 is 73.1 Å². The van der Waals surface area contributed by atoms with Crippen LogP contribution in [0.2, 0.25) is 0 Å². The number of aliphatic hydroxyl groups excluding tert-OH is 5. The Bertz CT molecular complexity index is 580. The Morgan fingerprint density at radius 2 is 1.89 bits per heavy atom. The van der Waals surface area contributed by atoms with Gasteiger partial charge in [-0.15, -0.1) is 0 Å². The predicted molar refractivity (Wildman–Crippen MR) is 86.6 cm³/mol. The van der Waals surface area contributed by atoms with Crippen molar-refractivity contribution in [3.8, 4) is 0 Å². The van der Waals surface area contributed by atoms with E-state index in [9.17, 15) is 30.3 Å². The van der Waals surface area contributed by atoms with Crippen LogP contribution in [-0.2, 0) is 23.7 Å². The third-order valence-corrected chi connectivity index (χ3v) is 5.48. The molecule has 0 aromatic heterocycles. The Morgan fingerprint density at radius 3 is 2.52 bits per heavy atom. The van der Waals surface area contributed by atoms with Crippen LogP contribution in [0.15, 0.2) is 12.3 Å². The summed E-state index contributed by atoms with van der Waals surface area (Å²) in [6.07, 6.45) is -5.92. The van der Waals surface area contributed by atoms with Gasteiger partial charge in [-0.05, 0) is 13.0 Å². The first-order valence-electron chi connectivity index (χ1n) is 8.83. The van der Waals surface area contributed by atoms with Crippen LogP contribution >= 0.6 is 0 Å². The van der Waals surface area contributed by atoms with E-state index in [1.54, 1.807) is 13.0 Å². The van der Waals surface area contributed by atoms with Crippen LogP contribution in [0.4, 0.5) is 0 Å². The van der Waals surface area contributed by atoms with Gasteiger partial charge in [-0.25, -0.2) is 0 Å². The Balaban J connectivity index is 1.81. The highest BCUT2D eigenvalue weighted by Gasteiger charge is 2.58. The summed E-state index contributed by atoms with van der Waals surface area (Å²) in [5.74, 6) is -1.54. The summed E-state index contributed by atoms with van der Waals surface area (Å²) in [5, 5.41) is 49.6. The second kappa shape index (κ2) is 7.63. The summed E-state index contributed by atoms with van der Waals surface area (Å²) in [4.78, 5) is 11.5. The molecule has 154 valence electrons. The van der Waals surface area contributed by atoms with E-state index in [4.69, 9.17) is 18.9 Å². The van der Waals surface area contributed by atoms with Gasteiger partial charge in [-0.1, -0.05) is 0 Å². The van der Waals surface area contributed by atoms with Crippen LogP contribution in [-0.4, -0.2) is 86.8 Å². The third kappa shape index (κ3) is 3.70. The first-order chi connectivity index (χ1) is 12.7. The molecule has 0 radical (unpaired) electrons. The minimum atomic E-state index is -1.60. The molecule has 2 aliphatic heterocycles. The lowest BCUT2D eigenvalue weighted by Crippen LogP contribution is -2.60. The van der Waals surface area contributed by atoms with Crippen molar-refractivity contribution in [2.24, 2.45) is 11.8 Å². The summed E-state index contributed by atoms with van der Waals surface area (Å²) in [7, 11) is 0. The number of aliphatic hydroxyl groups is 5. The van der Waals surface area contributed by atoms with E-state index in [1.165, 1.54) is 13.2 Å². The lowest BCUT2D eigenvalue weighted by molar-refractivity contribution is -0.346. The molecule has 0 spiro atoms. The molecule has 10 atom stereocenters. The van der Waals surface area contributed by atoms with Gasteiger partial charge in [0, 0.05) is 19.3 Å². The molecule has 0 aromatic carbocycles. The lowest BCUT2D eigenvalue weighted by atomic mass is 9.84. The molecular weight excluding hydrogens is 364 g/mol. The van der Waals surface area contributed by atoms with E-state index in [0.717, 1.165) is 0 Å². The quantitative estimate of drug-likeness (QED) is 0.340. The van der Waals surface area contributed by atoms with Crippen LogP contribution in [0, 0.1) is 11.8 Å². The second-order valence-electron chi connectivity index (χ2n) is 7.45. The number of carbonyl (C=O) groups is 1. The molecule has 3 rings (SSSR count). The fourth-order valence-electron chi connectivity index (χ4n) is 4.22. The Kier molecular flexibility index (Phi) is 5.78. The van der Waals surface area contributed by atoms with Gasteiger partial charge in [0.1, 0.15) is 30.0 Å². The predicted octanol–water partition coefficient (Wildman–Crippen LogP) is -2.01. The topological polar surface area (TPSA) is 155 Å². The average molecular weight is 390 g/mol. The summed E-state index contributed by atoms with van der Waals surface area (Å²) in [6, 6.07) is 0. The largest absolute Gasteiger partial charge is 0.472 e. The number of hydrogen-bond donors (Lipinski definition) is 5.